The fourth-order valence-corrected chi connectivity index (χ4v) is 3.32. The number of halogens is 2. The van der Waals surface area contributed by atoms with Gasteiger partial charge in [0.2, 0.25) is 0 Å². The van der Waals surface area contributed by atoms with Gasteiger partial charge in [-0.05, 0) is 40.5 Å². The third-order valence-electron chi connectivity index (χ3n) is 4.28. The monoisotopic (exact) mass is 474 g/mol. The van der Waals surface area contributed by atoms with Gasteiger partial charge in [-0.3, -0.25) is 14.2 Å². The molecule has 4 aromatic rings. The van der Waals surface area contributed by atoms with Crippen molar-refractivity contribution in [3.05, 3.63) is 81.1 Å². The van der Waals surface area contributed by atoms with Crippen LogP contribution in [0.5, 0.6) is 0 Å². The van der Waals surface area contributed by atoms with E-state index in [1.54, 1.807) is 24.0 Å². The van der Waals surface area contributed by atoms with Crippen LogP contribution in [0.3, 0.4) is 0 Å². The van der Waals surface area contributed by atoms with Crippen LogP contribution >= 0.6 is 27.5 Å². The molecule has 148 valence electrons. The molecule has 0 saturated heterocycles. The van der Waals surface area contributed by atoms with Crippen molar-refractivity contribution in [3.8, 4) is 0 Å². The maximum Gasteiger partial charge on any atom is 0.278 e. The summed E-state index contributed by atoms with van der Waals surface area (Å²) in [6.45, 7) is 2.73. The number of nitrogens with one attached hydrogen (secondary N) is 1. The SMILES string of the molecule is Cc1onc(C(=O)Nc2ccc(Cn3cc(Br)cn3)cc2)c1Cn1cc(Cl)cn1. The molecule has 0 spiro atoms. The largest absolute Gasteiger partial charge is 0.361 e. The first-order valence-electron chi connectivity index (χ1n) is 8.69. The molecule has 0 radical (unpaired) electrons. The third-order valence-corrected chi connectivity index (χ3v) is 4.88. The van der Waals surface area contributed by atoms with Gasteiger partial charge in [-0.2, -0.15) is 10.2 Å². The van der Waals surface area contributed by atoms with Crippen LogP contribution in [0.2, 0.25) is 5.02 Å². The summed E-state index contributed by atoms with van der Waals surface area (Å²) >= 11 is 9.29. The first-order valence-corrected chi connectivity index (χ1v) is 9.86. The molecule has 10 heteroatoms. The summed E-state index contributed by atoms with van der Waals surface area (Å²) in [5, 5.41) is 15.7. The Morgan fingerprint density at radius 2 is 1.86 bits per heavy atom. The van der Waals surface area contributed by atoms with Crippen molar-refractivity contribution in [2.24, 2.45) is 0 Å². The Morgan fingerprint density at radius 1 is 1.14 bits per heavy atom. The number of hydrogen-bond acceptors (Lipinski definition) is 5. The van der Waals surface area contributed by atoms with Crippen molar-refractivity contribution in [1.82, 2.24) is 24.7 Å². The lowest BCUT2D eigenvalue weighted by atomic mass is 10.1. The molecule has 29 heavy (non-hydrogen) atoms. The van der Waals surface area contributed by atoms with E-state index in [9.17, 15) is 4.79 Å². The first kappa shape index (κ1) is 19.4. The topological polar surface area (TPSA) is 90.8 Å². The number of amides is 1. The maximum absolute atomic E-state index is 12.7. The fraction of sp³-hybridized carbons (Fsp3) is 0.158. The summed E-state index contributed by atoms with van der Waals surface area (Å²) < 4.78 is 9.60. The van der Waals surface area contributed by atoms with E-state index in [2.05, 4.69) is 36.6 Å². The number of aryl methyl sites for hydroxylation is 1. The minimum atomic E-state index is -0.348. The number of nitrogens with zero attached hydrogens (tertiary/aromatic N) is 5. The summed E-state index contributed by atoms with van der Waals surface area (Å²) in [6, 6.07) is 7.55. The Bertz CT molecular complexity index is 1150. The van der Waals surface area contributed by atoms with Crippen LogP contribution < -0.4 is 5.32 Å². The molecule has 1 N–H and O–H groups in total. The average Bonchev–Trinajstić information content (AvgIpc) is 3.39. The van der Waals surface area contributed by atoms with Crippen LogP contribution in [0.1, 0.15) is 27.4 Å². The van der Waals surface area contributed by atoms with E-state index in [1.165, 1.54) is 6.20 Å². The Morgan fingerprint density at radius 3 is 2.52 bits per heavy atom. The Labute approximate surface area is 179 Å². The van der Waals surface area contributed by atoms with Gasteiger partial charge in [-0.1, -0.05) is 28.9 Å². The van der Waals surface area contributed by atoms with Gasteiger partial charge in [0, 0.05) is 23.6 Å². The van der Waals surface area contributed by atoms with E-state index in [4.69, 9.17) is 16.1 Å². The van der Waals surface area contributed by atoms with Crippen LogP contribution in [0.4, 0.5) is 5.69 Å². The zero-order chi connectivity index (χ0) is 20.4. The van der Waals surface area contributed by atoms with Crippen molar-refractivity contribution in [3.63, 3.8) is 0 Å². The van der Waals surface area contributed by atoms with E-state index >= 15 is 0 Å². The van der Waals surface area contributed by atoms with Gasteiger partial charge < -0.3 is 9.84 Å². The Balaban J connectivity index is 1.45. The normalized spacial score (nSPS) is 11.0. The van der Waals surface area contributed by atoms with Gasteiger partial charge >= 0.3 is 0 Å². The van der Waals surface area contributed by atoms with Crippen LogP contribution in [-0.4, -0.2) is 30.6 Å². The predicted octanol–water partition coefficient (Wildman–Crippen LogP) is 4.14. The smallest absolute Gasteiger partial charge is 0.278 e. The van der Waals surface area contributed by atoms with Crippen molar-refractivity contribution in [1.29, 1.82) is 0 Å². The van der Waals surface area contributed by atoms with Crippen molar-refractivity contribution in [2.45, 2.75) is 20.0 Å². The molecular weight excluding hydrogens is 460 g/mol. The summed E-state index contributed by atoms with van der Waals surface area (Å²) in [5.74, 6) is 0.210. The Hall–Kier alpha value is -2.91. The van der Waals surface area contributed by atoms with Crippen molar-refractivity contribution in [2.75, 3.05) is 5.32 Å². The second kappa shape index (κ2) is 8.22. The van der Waals surface area contributed by atoms with Gasteiger partial charge in [0.1, 0.15) is 5.76 Å². The number of benzene rings is 1. The molecule has 1 amide bonds. The zero-order valence-electron chi connectivity index (χ0n) is 15.3. The molecule has 3 aromatic heterocycles. The lowest BCUT2D eigenvalue weighted by molar-refractivity contribution is 0.101. The van der Waals surface area contributed by atoms with Gasteiger partial charge in [0.25, 0.3) is 5.91 Å². The highest BCUT2D eigenvalue weighted by molar-refractivity contribution is 9.10. The molecule has 4 rings (SSSR count). The van der Waals surface area contributed by atoms with E-state index in [0.29, 0.717) is 35.1 Å². The molecule has 3 heterocycles. The molecule has 0 aliphatic heterocycles. The highest BCUT2D eigenvalue weighted by atomic mass is 79.9. The molecule has 0 saturated carbocycles. The summed E-state index contributed by atoms with van der Waals surface area (Å²) in [4.78, 5) is 12.7. The molecule has 8 nitrogen and oxygen atoms in total. The molecular formula is C19H16BrClN6O2. The number of anilines is 1. The lowest BCUT2D eigenvalue weighted by Crippen LogP contribution is -2.16. The minimum absolute atomic E-state index is 0.222. The maximum atomic E-state index is 12.7. The molecule has 0 fully saturated rings. The van der Waals surface area contributed by atoms with Gasteiger partial charge in [-0.15, -0.1) is 0 Å². The number of rotatable bonds is 6. The second-order valence-corrected chi connectivity index (χ2v) is 7.78. The van der Waals surface area contributed by atoms with E-state index in [0.717, 1.165) is 10.0 Å². The number of carbonyl (C=O) groups excluding carboxylic acids is 1. The molecule has 0 bridgehead atoms. The van der Waals surface area contributed by atoms with Crippen molar-refractivity contribution < 1.29 is 9.32 Å². The second-order valence-electron chi connectivity index (χ2n) is 6.43. The molecule has 0 unspecified atom stereocenters. The van der Waals surface area contributed by atoms with E-state index in [1.807, 2.05) is 35.1 Å². The molecule has 0 aliphatic rings. The summed E-state index contributed by atoms with van der Waals surface area (Å²) in [6.07, 6.45) is 6.85. The minimum Gasteiger partial charge on any atom is -0.361 e. The average molecular weight is 476 g/mol. The molecule has 1 aromatic carbocycles. The van der Waals surface area contributed by atoms with Gasteiger partial charge in [0.05, 0.1) is 35.0 Å². The number of aromatic nitrogens is 5. The third kappa shape index (κ3) is 4.57. The number of carbonyl (C=O) groups is 1. The quantitative estimate of drug-likeness (QED) is 0.452. The highest BCUT2D eigenvalue weighted by Crippen LogP contribution is 2.19. The fourth-order valence-electron chi connectivity index (χ4n) is 2.84. The Kier molecular flexibility index (Phi) is 5.50. The number of hydrogen-bond donors (Lipinski definition) is 1. The van der Waals surface area contributed by atoms with Crippen LogP contribution in [0, 0.1) is 6.92 Å². The van der Waals surface area contributed by atoms with Crippen LogP contribution in [0.25, 0.3) is 0 Å². The zero-order valence-corrected chi connectivity index (χ0v) is 17.7. The predicted molar refractivity (Wildman–Crippen MR) is 111 cm³/mol. The summed E-state index contributed by atoms with van der Waals surface area (Å²) in [7, 11) is 0. The van der Waals surface area contributed by atoms with Crippen molar-refractivity contribution >= 4 is 39.1 Å². The van der Waals surface area contributed by atoms with E-state index < -0.39 is 0 Å². The lowest BCUT2D eigenvalue weighted by Gasteiger charge is -2.07. The standard InChI is InChI=1S/C19H16BrClN6O2/c1-12-17(11-27-10-15(21)7-23-27)18(25-29-12)19(28)24-16-4-2-13(3-5-16)8-26-9-14(20)6-22-26/h2-7,9-10H,8,11H2,1H3,(H,24,28). The van der Waals surface area contributed by atoms with Crippen LogP contribution in [-0.2, 0) is 13.1 Å². The van der Waals surface area contributed by atoms with Crippen LogP contribution in [0.15, 0.2) is 58.0 Å². The molecule has 0 aliphatic carbocycles. The highest BCUT2D eigenvalue weighted by Gasteiger charge is 2.20. The van der Waals surface area contributed by atoms with Gasteiger partial charge in [0.15, 0.2) is 5.69 Å². The summed E-state index contributed by atoms with van der Waals surface area (Å²) in [5.41, 5.74) is 2.60. The first-order chi connectivity index (χ1) is 14.0. The molecule has 0 atom stereocenters. The van der Waals surface area contributed by atoms with Gasteiger partial charge in [-0.25, -0.2) is 0 Å². The van der Waals surface area contributed by atoms with E-state index in [-0.39, 0.29) is 11.6 Å².